The zero-order chi connectivity index (χ0) is 14.0. The molecule has 0 fully saturated rings. The molecule has 0 saturated carbocycles. The van der Waals surface area contributed by atoms with Gasteiger partial charge in [0, 0.05) is 18.8 Å². The van der Waals surface area contributed by atoms with Gasteiger partial charge in [0.25, 0.3) is 0 Å². The fourth-order valence-electron chi connectivity index (χ4n) is 2.31. The van der Waals surface area contributed by atoms with E-state index in [1.54, 1.807) is 18.0 Å². The first-order chi connectivity index (χ1) is 9.10. The average molecular weight is 260 g/mol. The minimum absolute atomic E-state index is 0.151. The molecular weight excluding hydrogens is 240 g/mol. The quantitative estimate of drug-likeness (QED) is 0.647. The van der Waals surface area contributed by atoms with Gasteiger partial charge in [0.2, 0.25) is 0 Å². The van der Waals surface area contributed by atoms with Gasteiger partial charge < -0.3 is 4.74 Å². The summed E-state index contributed by atoms with van der Waals surface area (Å²) < 4.78 is 7.36. The zero-order valence-corrected chi connectivity index (χ0v) is 11.8. The lowest BCUT2D eigenvalue weighted by Crippen LogP contribution is -2.30. The van der Waals surface area contributed by atoms with Crippen molar-refractivity contribution >= 4 is 0 Å². The van der Waals surface area contributed by atoms with Crippen LogP contribution < -0.4 is 16.0 Å². The molecule has 19 heavy (non-hydrogen) atoms. The highest BCUT2D eigenvalue weighted by Crippen LogP contribution is 2.33. The highest BCUT2D eigenvalue weighted by molar-refractivity contribution is 5.48. The number of methoxy groups -OCH3 is 1. The molecule has 5 heteroatoms. The van der Waals surface area contributed by atoms with Crippen molar-refractivity contribution in [2.45, 2.75) is 19.9 Å². The molecule has 1 aromatic heterocycles. The summed E-state index contributed by atoms with van der Waals surface area (Å²) in [6.45, 7) is 4.12. The van der Waals surface area contributed by atoms with Crippen LogP contribution in [0.2, 0.25) is 0 Å². The summed E-state index contributed by atoms with van der Waals surface area (Å²) >= 11 is 0. The third-order valence-corrected chi connectivity index (χ3v) is 3.54. The number of nitrogens with two attached hydrogens (primary N) is 1. The molecule has 1 atom stereocenters. The van der Waals surface area contributed by atoms with E-state index in [0.29, 0.717) is 0 Å². The Morgan fingerprint density at radius 1 is 1.32 bits per heavy atom. The van der Waals surface area contributed by atoms with Gasteiger partial charge in [-0.15, -0.1) is 0 Å². The van der Waals surface area contributed by atoms with Crippen molar-refractivity contribution in [3.8, 4) is 5.75 Å². The first kappa shape index (κ1) is 13.6. The molecule has 0 aliphatic rings. The third kappa shape index (κ3) is 2.34. The molecule has 3 N–H and O–H groups in total. The van der Waals surface area contributed by atoms with E-state index in [-0.39, 0.29) is 6.04 Å². The van der Waals surface area contributed by atoms with Gasteiger partial charge in [0.1, 0.15) is 5.75 Å². The maximum atomic E-state index is 5.73. The van der Waals surface area contributed by atoms with Crippen LogP contribution >= 0.6 is 0 Å². The SMILES string of the molecule is COc1c(C(NN)c2ccnn2C)ccc(C)c1C. The number of aryl methyl sites for hydroxylation is 2. The van der Waals surface area contributed by atoms with Gasteiger partial charge in [-0.2, -0.15) is 5.10 Å². The van der Waals surface area contributed by atoms with E-state index in [2.05, 4.69) is 30.4 Å². The molecule has 102 valence electrons. The first-order valence-corrected chi connectivity index (χ1v) is 6.18. The lowest BCUT2D eigenvalue weighted by atomic mass is 9.97. The van der Waals surface area contributed by atoms with Crippen molar-refractivity contribution < 1.29 is 4.74 Å². The van der Waals surface area contributed by atoms with E-state index in [0.717, 1.165) is 22.6 Å². The largest absolute Gasteiger partial charge is 0.496 e. The maximum absolute atomic E-state index is 5.73. The van der Waals surface area contributed by atoms with Crippen molar-refractivity contribution in [3.05, 3.63) is 46.8 Å². The van der Waals surface area contributed by atoms with Gasteiger partial charge in [-0.1, -0.05) is 12.1 Å². The van der Waals surface area contributed by atoms with E-state index in [9.17, 15) is 0 Å². The number of rotatable bonds is 4. The Hall–Kier alpha value is -1.85. The Morgan fingerprint density at radius 3 is 2.58 bits per heavy atom. The number of hydrogen-bond donors (Lipinski definition) is 2. The number of hydrogen-bond acceptors (Lipinski definition) is 4. The molecule has 2 aromatic rings. The second-order valence-corrected chi connectivity index (χ2v) is 4.61. The number of nitrogens with one attached hydrogen (secondary N) is 1. The lowest BCUT2D eigenvalue weighted by Gasteiger charge is -2.21. The van der Waals surface area contributed by atoms with Crippen LogP contribution in [0.5, 0.6) is 5.75 Å². The first-order valence-electron chi connectivity index (χ1n) is 6.18. The van der Waals surface area contributed by atoms with Crippen LogP contribution in [0.25, 0.3) is 0 Å². The molecular formula is C14H20N4O. The van der Waals surface area contributed by atoms with Crippen molar-refractivity contribution in [3.63, 3.8) is 0 Å². The van der Waals surface area contributed by atoms with Crippen LogP contribution in [0.15, 0.2) is 24.4 Å². The summed E-state index contributed by atoms with van der Waals surface area (Å²) in [6.07, 6.45) is 1.76. The lowest BCUT2D eigenvalue weighted by molar-refractivity contribution is 0.399. The predicted octanol–water partition coefficient (Wildman–Crippen LogP) is 1.60. The molecule has 0 aliphatic carbocycles. The normalized spacial score (nSPS) is 12.5. The molecule has 0 spiro atoms. The average Bonchev–Trinajstić information content (AvgIpc) is 2.81. The summed E-state index contributed by atoms with van der Waals surface area (Å²) in [5, 5.41) is 4.19. The molecule has 0 bridgehead atoms. The molecule has 0 radical (unpaired) electrons. The van der Waals surface area contributed by atoms with Crippen molar-refractivity contribution in [2.75, 3.05) is 7.11 Å². The Morgan fingerprint density at radius 2 is 2.05 bits per heavy atom. The van der Waals surface area contributed by atoms with Gasteiger partial charge in [-0.05, 0) is 31.0 Å². The molecule has 0 aliphatic heterocycles. The molecule has 1 unspecified atom stereocenters. The van der Waals surface area contributed by atoms with Crippen LogP contribution in [0.1, 0.15) is 28.4 Å². The maximum Gasteiger partial charge on any atom is 0.127 e. The fraction of sp³-hybridized carbons (Fsp3) is 0.357. The van der Waals surface area contributed by atoms with Crippen LogP contribution in [0.3, 0.4) is 0 Å². The van der Waals surface area contributed by atoms with E-state index in [1.807, 2.05) is 19.2 Å². The minimum Gasteiger partial charge on any atom is -0.496 e. The predicted molar refractivity (Wildman–Crippen MR) is 74.8 cm³/mol. The smallest absolute Gasteiger partial charge is 0.127 e. The van der Waals surface area contributed by atoms with Crippen LogP contribution in [-0.4, -0.2) is 16.9 Å². The summed E-state index contributed by atoms with van der Waals surface area (Å²) in [7, 11) is 3.58. The van der Waals surface area contributed by atoms with Gasteiger partial charge in [-0.3, -0.25) is 10.5 Å². The highest BCUT2D eigenvalue weighted by atomic mass is 16.5. The fourth-order valence-corrected chi connectivity index (χ4v) is 2.31. The number of benzene rings is 1. The molecule has 2 rings (SSSR count). The summed E-state index contributed by atoms with van der Waals surface area (Å²) in [4.78, 5) is 0. The second-order valence-electron chi connectivity index (χ2n) is 4.61. The van der Waals surface area contributed by atoms with E-state index in [1.165, 1.54) is 5.56 Å². The van der Waals surface area contributed by atoms with Crippen molar-refractivity contribution in [1.29, 1.82) is 0 Å². The van der Waals surface area contributed by atoms with E-state index < -0.39 is 0 Å². The number of nitrogens with zero attached hydrogens (tertiary/aromatic N) is 2. The Labute approximate surface area is 113 Å². The van der Waals surface area contributed by atoms with Crippen LogP contribution in [0.4, 0.5) is 0 Å². The Balaban J connectivity index is 2.56. The number of ether oxygens (including phenoxy) is 1. The molecule has 1 heterocycles. The van der Waals surface area contributed by atoms with E-state index in [4.69, 9.17) is 10.6 Å². The van der Waals surface area contributed by atoms with Gasteiger partial charge >= 0.3 is 0 Å². The number of hydrazine groups is 1. The third-order valence-electron chi connectivity index (χ3n) is 3.54. The standard InChI is InChI=1S/C14H20N4O/c1-9-5-6-11(14(19-4)10(9)2)13(17-15)12-7-8-16-18(12)3/h5-8,13,17H,15H2,1-4H3. The topological polar surface area (TPSA) is 65.1 Å². The van der Waals surface area contributed by atoms with Gasteiger partial charge in [0.15, 0.2) is 0 Å². The monoisotopic (exact) mass is 260 g/mol. The summed E-state index contributed by atoms with van der Waals surface area (Å²) in [5.41, 5.74) is 7.17. The molecule has 5 nitrogen and oxygen atoms in total. The van der Waals surface area contributed by atoms with Crippen molar-refractivity contribution in [1.82, 2.24) is 15.2 Å². The Kier molecular flexibility index (Phi) is 3.87. The molecule has 1 aromatic carbocycles. The highest BCUT2D eigenvalue weighted by Gasteiger charge is 2.21. The zero-order valence-electron chi connectivity index (χ0n) is 11.8. The minimum atomic E-state index is -0.151. The Bertz CT molecular complexity index is 577. The second kappa shape index (κ2) is 5.42. The summed E-state index contributed by atoms with van der Waals surface area (Å²) in [5.74, 6) is 6.59. The van der Waals surface area contributed by atoms with Crippen LogP contribution in [0, 0.1) is 13.8 Å². The number of aromatic nitrogens is 2. The van der Waals surface area contributed by atoms with Crippen LogP contribution in [-0.2, 0) is 7.05 Å². The van der Waals surface area contributed by atoms with E-state index >= 15 is 0 Å². The van der Waals surface area contributed by atoms with Gasteiger partial charge in [0.05, 0.1) is 18.8 Å². The molecule has 0 amide bonds. The summed E-state index contributed by atoms with van der Waals surface area (Å²) in [6, 6.07) is 5.91. The van der Waals surface area contributed by atoms with Gasteiger partial charge in [-0.25, -0.2) is 5.43 Å². The van der Waals surface area contributed by atoms with Crippen molar-refractivity contribution in [2.24, 2.45) is 12.9 Å². The molecule has 0 saturated heterocycles.